The molecule has 406 valence electrons. The van der Waals surface area contributed by atoms with Crippen LogP contribution in [0.3, 0.4) is 0 Å². The third-order valence-corrected chi connectivity index (χ3v) is 17.3. The first-order chi connectivity index (χ1) is 37.1. The maximum atomic E-state index is 13.4. The van der Waals surface area contributed by atoms with Crippen LogP contribution in [0.5, 0.6) is 0 Å². The molecular weight excluding hydrogens is 979 g/mol. The number of aliphatic hydroxyl groups excluding tert-OH is 2. The van der Waals surface area contributed by atoms with Crippen LogP contribution in [0, 0.1) is 11.8 Å². The minimum atomic E-state index is -1.03. The summed E-state index contributed by atoms with van der Waals surface area (Å²) in [5.74, 6) is 2.50. The molecule has 9 heterocycles. The van der Waals surface area contributed by atoms with Crippen molar-refractivity contribution in [2.75, 3.05) is 38.8 Å². The second-order valence-corrected chi connectivity index (χ2v) is 23.1. The molecule has 2 bridgehead atoms. The number of hydrogen-bond donors (Lipinski definition) is 5. The Morgan fingerprint density at radius 1 is 0.558 bits per heavy atom. The van der Waals surface area contributed by atoms with E-state index < -0.39 is 11.5 Å². The Morgan fingerprint density at radius 3 is 1.44 bits per heavy atom. The second kappa shape index (κ2) is 21.5. The Morgan fingerprint density at radius 2 is 1.01 bits per heavy atom. The van der Waals surface area contributed by atoms with Crippen LogP contribution in [-0.2, 0) is 0 Å². The van der Waals surface area contributed by atoms with Crippen LogP contribution in [0.2, 0.25) is 0 Å². The van der Waals surface area contributed by atoms with Gasteiger partial charge in [-0.2, -0.15) is 9.97 Å². The predicted molar refractivity (Wildman–Crippen MR) is 290 cm³/mol. The fourth-order valence-corrected chi connectivity index (χ4v) is 13.8. The van der Waals surface area contributed by atoms with Crippen LogP contribution in [0.1, 0.15) is 169 Å². The molecule has 3 aliphatic heterocycles. The van der Waals surface area contributed by atoms with Crippen LogP contribution in [-0.4, -0.2) is 151 Å². The van der Waals surface area contributed by atoms with Gasteiger partial charge in [0, 0.05) is 93.5 Å². The maximum absolute atomic E-state index is 13.4. The van der Waals surface area contributed by atoms with Gasteiger partial charge in [-0.3, -0.25) is 19.3 Å². The van der Waals surface area contributed by atoms with E-state index in [9.17, 15) is 29.4 Å². The molecule has 20 heteroatoms. The van der Waals surface area contributed by atoms with Gasteiger partial charge in [-0.25, -0.2) is 24.7 Å². The van der Waals surface area contributed by atoms with Gasteiger partial charge in [0.15, 0.2) is 5.78 Å². The number of nitrogens with one attached hydrogen (secondary N) is 2. The number of aromatic nitrogens is 8. The number of aliphatic hydroxyl groups is 2. The number of nitrogens with zero attached hydrogens (tertiary/aromatic N) is 11. The first-order valence-electron chi connectivity index (χ1n) is 27.7. The predicted octanol–water partition coefficient (Wildman–Crippen LogP) is 8.34. The summed E-state index contributed by atoms with van der Waals surface area (Å²) in [6.07, 6.45) is 25.8. The van der Waals surface area contributed by atoms with Crippen LogP contribution >= 0.6 is 0 Å². The molecule has 0 spiro atoms. The number of carboxylic acid groups (broad SMARTS) is 1. The Hall–Kier alpha value is -6.90. The quantitative estimate of drug-likeness (QED) is 0.0765. The van der Waals surface area contributed by atoms with E-state index in [4.69, 9.17) is 10.1 Å². The van der Waals surface area contributed by atoms with Gasteiger partial charge in [0.1, 0.15) is 34.3 Å². The third-order valence-electron chi connectivity index (χ3n) is 17.3. The lowest BCUT2D eigenvalue weighted by Crippen LogP contribution is -2.83. The van der Waals surface area contributed by atoms with Crippen molar-refractivity contribution in [3.05, 3.63) is 83.7 Å². The Balaban J connectivity index is 0.000000142. The van der Waals surface area contributed by atoms with E-state index in [2.05, 4.69) is 45.0 Å². The van der Waals surface area contributed by atoms with E-state index in [1.165, 1.54) is 37.9 Å². The summed E-state index contributed by atoms with van der Waals surface area (Å²) >= 11 is 0. The highest BCUT2D eigenvalue weighted by Gasteiger charge is 2.68. The molecule has 20 nitrogen and oxygen atoms in total. The molecule has 3 unspecified atom stereocenters. The van der Waals surface area contributed by atoms with E-state index in [0.717, 1.165) is 118 Å². The van der Waals surface area contributed by atoms with E-state index in [1.807, 2.05) is 22.8 Å². The third kappa shape index (κ3) is 10.4. The lowest BCUT2D eigenvalue weighted by molar-refractivity contribution is -0.209. The van der Waals surface area contributed by atoms with Gasteiger partial charge in [-0.1, -0.05) is 44.9 Å². The average Bonchev–Trinajstić information content (AvgIpc) is 4.27. The molecule has 77 heavy (non-hydrogen) atoms. The lowest BCUT2D eigenvalue weighted by Gasteiger charge is -2.72. The van der Waals surface area contributed by atoms with Crippen molar-refractivity contribution < 1.29 is 34.5 Å². The van der Waals surface area contributed by atoms with Gasteiger partial charge in [-0.05, 0) is 119 Å². The summed E-state index contributed by atoms with van der Waals surface area (Å²) in [6.45, 7) is 0. The number of carbonyl (C=O) groups excluding carboxylic acids is 3. The number of fused-ring (bicyclic) bond motifs is 4. The van der Waals surface area contributed by atoms with Gasteiger partial charge in [0.25, 0.3) is 11.8 Å². The number of rotatable bonds is 11. The number of amides is 2. The largest absolute Gasteiger partial charge is 0.478 e. The number of anilines is 4. The van der Waals surface area contributed by atoms with Gasteiger partial charge < -0.3 is 44.9 Å². The zero-order valence-corrected chi connectivity index (χ0v) is 44.5. The van der Waals surface area contributed by atoms with Crippen LogP contribution in [0.15, 0.2) is 61.2 Å². The van der Waals surface area contributed by atoms with Crippen molar-refractivity contribution in [2.24, 2.45) is 11.8 Å². The fraction of sp³-hybridized carbons (Fsp3) is 0.544. The molecule has 3 saturated heterocycles. The van der Waals surface area contributed by atoms with Gasteiger partial charge >= 0.3 is 5.97 Å². The first kappa shape index (κ1) is 52.2. The Kier molecular flexibility index (Phi) is 14.6. The van der Waals surface area contributed by atoms with Crippen LogP contribution in [0.4, 0.5) is 23.5 Å². The van der Waals surface area contributed by atoms with Crippen LogP contribution < -0.4 is 10.6 Å². The average molecular weight is 1050 g/mol. The van der Waals surface area contributed by atoms with Crippen molar-refractivity contribution in [3.63, 3.8) is 0 Å². The molecule has 13 rings (SSSR count). The number of hydrogen-bond acceptors (Lipinski definition) is 15. The molecule has 4 saturated carbocycles. The number of Topliss-reactive ketones (excluding diaryl/α,β-unsaturated/α-hetero) is 1. The van der Waals surface area contributed by atoms with E-state index in [0.29, 0.717) is 58.2 Å². The number of aromatic carboxylic acids is 1. The molecule has 5 N–H and O–H groups in total. The summed E-state index contributed by atoms with van der Waals surface area (Å²) < 4.78 is 4.13. The zero-order chi connectivity index (χ0) is 53.7. The Labute approximate surface area is 447 Å². The number of piperidine rings is 2. The summed E-state index contributed by atoms with van der Waals surface area (Å²) in [7, 11) is 7.01. The second-order valence-electron chi connectivity index (χ2n) is 23.1. The normalized spacial score (nSPS) is 25.5. The molecule has 7 fully saturated rings. The standard InChI is InChI=1S/C28H33N7O3.C20H22N6O3.C9H16O/c1-33(2)26(38)22-9-17-15-30-27(32-25(17)34(22)18-5-3-4-6-18)31-23-8-7-16(14-29-23)24(37)28-12-19-10-21(36)11-20(13-28)35(19)28;1-25(2)18(27)15-9-13-11-22-20(23-16-8-7-12(10-21-16)19(28)29)24-17(13)26(15)14-5-3-4-6-14;10-9-5-7-2-1-3-8(4-7)6-9/h7-9,14-15,18-21,36H,3-6,10-13H2,1-2H3,(H,29,30,31,32);7-11,14H,3-6H2,1-2H3,(H,28,29)(H,21,22,23,24);7-10H,1-6H2/t19-,20+,21?,28?;;7-,8+,9?. The maximum Gasteiger partial charge on any atom is 0.337 e. The lowest BCUT2D eigenvalue weighted by atomic mass is 9.57. The highest BCUT2D eigenvalue weighted by Crippen LogP contribution is 2.58. The molecule has 0 aromatic carbocycles. The molecule has 7 atom stereocenters. The number of carbonyl (C=O) groups is 4. The Bertz CT molecular complexity index is 3130. The highest BCUT2D eigenvalue weighted by molar-refractivity contribution is 6.05. The SMILES string of the molecule is CN(C)C(=O)c1cc2cnc(Nc3ccc(C(=O)C45C[C@H]6CC(O)C[C@@H](C4)N65)cn3)nc2n1C1CCCC1.CN(C)C(=O)c1cc2cnc(Nc3ccc(C(=O)O)cn3)nc2n1C1CCCC1.OC1C[C@H]2CCC[C@@H](C1)C2. The van der Waals surface area contributed by atoms with E-state index >= 15 is 0 Å². The molecule has 4 aliphatic carbocycles. The molecule has 7 aliphatic rings. The monoisotopic (exact) mass is 1050 g/mol. The number of ketones is 1. The van der Waals surface area contributed by atoms with Gasteiger partial charge in [0.2, 0.25) is 11.9 Å². The summed E-state index contributed by atoms with van der Waals surface area (Å²) in [5, 5.41) is 36.3. The van der Waals surface area contributed by atoms with Crippen molar-refractivity contribution >= 4 is 69.2 Å². The minimum Gasteiger partial charge on any atom is -0.478 e. The molecular formula is C57H71N13O7. The van der Waals surface area contributed by atoms with Crippen molar-refractivity contribution in [1.82, 2.24) is 53.7 Å². The summed E-state index contributed by atoms with van der Waals surface area (Å²) in [5.41, 5.74) is 3.03. The van der Waals surface area contributed by atoms with Crippen molar-refractivity contribution in [2.45, 2.75) is 157 Å². The van der Waals surface area contributed by atoms with E-state index in [-0.39, 0.29) is 47.5 Å². The fourth-order valence-electron chi connectivity index (χ4n) is 13.8. The zero-order valence-electron chi connectivity index (χ0n) is 44.5. The molecule has 6 aromatic heterocycles. The van der Waals surface area contributed by atoms with Crippen molar-refractivity contribution in [1.29, 1.82) is 0 Å². The molecule has 0 radical (unpaired) electrons. The van der Waals surface area contributed by atoms with Crippen LogP contribution in [0.25, 0.3) is 22.1 Å². The molecule has 2 amide bonds. The van der Waals surface area contributed by atoms with Crippen molar-refractivity contribution in [3.8, 4) is 0 Å². The number of pyridine rings is 2. The summed E-state index contributed by atoms with van der Waals surface area (Å²) in [4.78, 5) is 82.3. The van der Waals surface area contributed by atoms with E-state index in [1.54, 1.807) is 68.7 Å². The molecule has 6 aromatic rings. The minimum absolute atomic E-state index is 0.0397. The van der Waals surface area contributed by atoms with Gasteiger partial charge in [-0.15, -0.1) is 0 Å². The smallest absolute Gasteiger partial charge is 0.337 e. The number of carboxylic acids is 1. The topological polar surface area (TPSA) is 250 Å². The summed E-state index contributed by atoms with van der Waals surface area (Å²) in [6, 6.07) is 11.5. The highest BCUT2D eigenvalue weighted by atomic mass is 16.4. The van der Waals surface area contributed by atoms with Gasteiger partial charge in [0.05, 0.1) is 23.3 Å². The first-order valence-corrected chi connectivity index (χ1v) is 27.7.